The molecular weight excluding hydrogens is 144 g/mol. The molecule has 0 amide bonds. The molecule has 0 saturated heterocycles. The molecule has 0 aliphatic rings. The van der Waals surface area contributed by atoms with Gasteiger partial charge in [-0.25, -0.2) is 0 Å². The molecule has 56 valence electrons. The first-order chi connectivity index (χ1) is 5.29. The number of aromatic amines is 1. The van der Waals surface area contributed by atoms with Crippen LogP contribution >= 0.6 is 0 Å². The van der Waals surface area contributed by atoms with Gasteiger partial charge in [-0.1, -0.05) is 0 Å². The van der Waals surface area contributed by atoms with Crippen LogP contribution in [-0.2, 0) is 0 Å². The maximum Gasteiger partial charge on any atom is 0.257 e. The number of nitrogens with one attached hydrogen (secondary N) is 1. The largest absolute Gasteiger partial charge is 0.428 e. The highest BCUT2D eigenvalue weighted by Gasteiger charge is 2.00. The zero-order chi connectivity index (χ0) is 7.84. The standard InChI is InChI=1S/C7H6N2O2/c10-7-5-2-4-9(11)6(5)1-3-8-7/h1-4,11H,(H,8,10). The Morgan fingerprint density at radius 2 is 2.27 bits per heavy atom. The molecule has 0 spiro atoms. The van der Waals surface area contributed by atoms with E-state index in [2.05, 4.69) is 4.98 Å². The molecule has 0 radical (unpaired) electrons. The number of pyridine rings is 1. The lowest BCUT2D eigenvalue weighted by atomic mass is 10.3. The SMILES string of the molecule is O=c1[nH]ccc2c1ccn2O. The summed E-state index contributed by atoms with van der Waals surface area (Å²) in [5, 5.41) is 9.59. The van der Waals surface area contributed by atoms with Gasteiger partial charge in [-0.05, 0) is 12.1 Å². The van der Waals surface area contributed by atoms with E-state index in [1.165, 1.54) is 12.4 Å². The number of H-pyrrole nitrogens is 1. The predicted octanol–water partition coefficient (Wildman–Crippen LogP) is 0.567. The van der Waals surface area contributed by atoms with E-state index in [9.17, 15) is 4.79 Å². The fraction of sp³-hybridized carbons (Fsp3) is 0. The lowest BCUT2D eigenvalue weighted by Gasteiger charge is -1.91. The number of nitrogens with zero attached hydrogens (tertiary/aromatic N) is 1. The van der Waals surface area contributed by atoms with Gasteiger partial charge >= 0.3 is 0 Å². The van der Waals surface area contributed by atoms with Crippen LogP contribution in [0.15, 0.2) is 29.3 Å². The van der Waals surface area contributed by atoms with E-state index in [1.807, 2.05) is 0 Å². The number of fused-ring (bicyclic) bond motifs is 1. The molecule has 4 heteroatoms. The van der Waals surface area contributed by atoms with Gasteiger partial charge in [0.15, 0.2) is 0 Å². The smallest absolute Gasteiger partial charge is 0.257 e. The van der Waals surface area contributed by atoms with Crippen LogP contribution in [0, 0.1) is 0 Å². The highest BCUT2D eigenvalue weighted by Crippen LogP contribution is 2.06. The maximum absolute atomic E-state index is 11.0. The van der Waals surface area contributed by atoms with Crippen LogP contribution in [0.5, 0.6) is 0 Å². The van der Waals surface area contributed by atoms with Gasteiger partial charge < -0.3 is 10.2 Å². The minimum absolute atomic E-state index is 0.185. The van der Waals surface area contributed by atoms with E-state index in [1.54, 1.807) is 12.1 Å². The Balaban J connectivity index is 3.06. The molecule has 0 atom stereocenters. The summed E-state index contributed by atoms with van der Waals surface area (Å²) < 4.78 is 0.921. The average Bonchev–Trinajstić information content (AvgIpc) is 2.35. The first-order valence-corrected chi connectivity index (χ1v) is 3.17. The van der Waals surface area contributed by atoms with Crippen molar-refractivity contribution < 1.29 is 5.21 Å². The Morgan fingerprint density at radius 3 is 3.00 bits per heavy atom. The summed E-state index contributed by atoms with van der Waals surface area (Å²) in [6, 6.07) is 3.20. The van der Waals surface area contributed by atoms with Crippen LogP contribution < -0.4 is 5.56 Å². The molecule has 0 bridgehead atoms. The third-order valence-electron chi connectivity index (χ3n) is 1.61. The molecule has 0 fully saturated rings. The van der Waals surface area contributed by atoms with Gasteiger partial charge in [0, 0.05) is 12.4 Å². The van der Waals surface area contributed by atoms with Crippen molar-refractivity contribution in [2.45, 2.75) is 0 Å². The summed E-state index contributed by atoms with van der Waals surface area (Å²) >= 11 is 0. The van der Waals surface area contributed by atoms with Crippen LogP contribution in [-0.4, -0.2) is 14.9 Å². The van der Waals surface area contributed by atoms with Gasteiger partial charge in [0.05, 0.1) is 10.9 Å². The molecule has 0 aliphatic heterocycles. The molecule has 2 aromatic rings. The van der Waals surface area contributed by atoms with Crippen molar-refractivity contribution in [2.75, 3.05) is 0 Å². The first-order valence-electron chi connectivity index (χ1n) is 3.17. The Hall–Kier alpha value is -1.71. The minimum Gasteiger partial charge on any atom is -0.428 e. The quantitative estimate of drug-likeness (QED) is 0.539. The lowest BCUT2D eigenvalue weighted by molar-refractivity contribution is 0.200. The van der Waals surface area contributed by atoms with Gasteiger partial charge in [0.2, 0.25) is 0 Å². The van der Waals surface area contributed by atoms with E-state index in [-0.39, 0.29) is 5.56 Å². The zero-order valence-electron chi connectivity index (χ0n) is 5.61. The number of rotatable bonds is 0. The van der Waals surface area contributed by atoms with Crippen molar-refractivity contribution >= 4 is 10.9 Å². The van der Waals surface area contributed by atoms with Gasteiger partial charge in [-0.2, -0.15) is 4.73 Å². The van der Waals surface area contributed by atoms with E-state index in [4.69, 9.17) is 5.21 Å². The van der Waals surface area contributed by atoms with E-state index in [0.29, 0.717) is 10.9 Å². The Morgan fingerprint density at radius 1 is 1.45 bits per heavy atom. The normalized spacial score (nSPS) is 10.5. The molecule has 0 aromatic carbocycles. The van der Waals surface area contributed by atoms with Crippen LogP contribution in [0.4, 0.5) is 0 Å². The van der Waals surface area contributed by atoms with E-state index >= 15 is 0 Å². The van der Waals surface area contributed by atoms with Gasteiger partial charge in [0.1, 0.15) is 0 Å². The Kier molecular flexibility index (Phi) is 1.03. The number of hydrogen-bond acceptors (Lipinski definition) is 2. The first kappa shape index (κ1) is 6.03. The van der Waals surface area contributed by atoms with Crippen LogP contribution in [0.1, 0.15) is 0 Å². The number of aromatic nitrogens is 2. The molecule has 4 nitrogen and oxygen atoms in total. The van der Waals surface area contributed by atoms with Crippen LogP contribution in [0.3, 0.4) is 0 Å². The fourth-order valence-electron chi connectivity index (χ4n) is 1.07. The van der Waals surface area contributed by atoms with Crippen LogP contribution in [0.25, 0.3) is 10.9 Å². The molecule has 2 aromatic heterocycles. The van der Waals surface area contributed by atoms with E-state index < -0.39 is 0 Å². The fourth-order valence-corrected chi connectivity index (χ4v) is 1.07. The molecule has 11 heavy (non-hydrogen) atoms. The van der Waals surface area contributed by atoms with Gasteiger partial charge in [0.25, 0.3) is 5.56 Å². The predicted molar refractivity (Wildman–Crippen MR) is 39.7 cm³/mol. The van der Waals surface area contributed by atoms with Crippen molar-refractivity contribution in [3.05, 3.63) is 34.9 Å². The molecule has 2 N–H and O–H groups in total. The minimum atomic E-state index is -0.185. The van der Waals surface area contributed by atoms with Crippen molar-refractivity contribution in [3.8, 4) is 0 Å². The highest BCUT2D eigenvalue weighted by atomic mass is 16.5. The zero-order valence-corrected chi connectivity index (χ0v) is 5.61. The highest BCUT2D eigenvalue weighted by molar-refractivity contribution is 5.78. The second-order valence-corrected chi connectivity index (χ2v) is 2.27. The summed E-state index contributed by atoms with van der Waals surface area (Å²) in [7, 11) is 0. The monoisotopic (exact) mass is 150 g/mol. The molecule has 2 rings (SSSR count). The second-order valence-electron chi connectivity index (χ2n) is 2.27. The molecule has 0 unspecified atom stereocenters. The summed E-state index contributed by atoms with van der Waals surface area (Å²) in [5.74, 6) is 0. The van der Waals surface area contributed by atoms with Crippen molar-refractivity contribution in [2.24, 2.45) is 0 Å². The summed E-state index contributed by atoms with van der Waals surface area (Å²) in [5.41, 5.74) is 0.337. The van der Waals surface area contributed by atoms with Crippen molar-refractivity contribution in [1.82, 2.24) is 9.71 Å². The average molecular weight is 150 g/mol. The van der Waals surface area contributed by atoms with Gasteiger partial charge in [-0.15, -0.1) is 0 Å². The topological polar surface area (TPSA) is 58.0 Å². The van der Waals surface area contributed by atoms with Gasteiger partial charge in [-0.3, -0.25) is 4.79 Å². The van der Waals surface area contributed by atoms with Crippen molar-refractivity contribution in [1.29, 1.82) is 0 Å². The molecule has 0 saturated carbocycles. The Bertz CT molecular complexity index is 441. The maximum atomic E-state index is 11.0. The third-order valence-corrected chi connectivity index (χ3v) is 1.61. The molecule has 2 heterocycles. The van der Waals surface area contributed by atoms with E-state index in [0.717, 1.165) is 4.73 Å². The van der Waals surface area contributed by atoms with Crippen molar-refractivity contribution in [3.63, 3.8) is 0 Å². The lowest BCUT2D eigenvalue weighted by Crippen LogP contribution is -2.03. The molecular formula is C7H6N2O2. The summed E-state index contributed by atoms with van der Waals surface area (Å²) in [6.07, 6.45) is 2.93. The van der Waals surface area contributed by atoms with Crippen LogP contribution in [0.2, 0.25) is 0 Å². The summed E-state index contributed by atoms with van der Waals surface area (Å²) in [4.78, 5) is 13.5. The Labute approximate surface area is 61.7 Å². The third kappa shape index (κ3) is 0.724. The number of hydrogen-bond donors (Lipinski definition) is 2. The molecule has 0 aliphatic carbocycles. The summed E-state index contributed by atoms with van der Waals surface area (Å²) in [6.45, 7) is 0. The second kappa shape index (κ2) is 1.88.